The van der Waals surface area contributed by atoms with E-state index in [0.29, 0.717) is 0 Å². The van der Waals surface area contributed by atoms with Gasteiger partial charge in [0, 0.05) is 5.56 Å². The van der Waals surface area contributed by atoms with Gasteiger partial charge in [-0.05, 0) is 36.4 Å². The van der Waals surface area contributed by atoms with Gasteiger partial charge in [0.1, 0.15) is 16.6 Å². The number of hydrogen-bond donors (Lipinski definition) is 2. The van der Waals surface area contributed by atoms with Gasteiger partial charge in [-0.1, -0.05) is 18.3 Å². The number of hydrogen-bond acceptors (Lipinski definition) is 3. The first-order valence-electron chi connectivity index (χ1n) is 5.67. The van der Waals surface area contributed by atoms with Crippen LogP contribution in [0.5, 0.6) is 0 Å². The molecule has 2 aromatic carbocycles. The van der Waals surface area contributed by atoms with E-state index in [0.717, 1.165) is 24.3 Å². The lowest BCUT2D eigenvalue weighted by molar-refractivity contribution is 0.595. The molecule has 2 rings (SSSR count). The highest BCUT2D eigenvalue weighted by molar-refractivity contribution is 7.92. The highest BCUT2D eigenvalue weighted by Gasteiger charge is 2.17. The van der Waals surface area contributed by atoms with Crippen LogP contribution in [0.15, 0.2) is 47.4 Å². The van der Waals surface area contributed by atoms with Crippen molar-refractivity contribution in [3.8, 4) is 0 Å². The van der Waals surface area contributed by atoms with Gasteiger partial charge in [-0.15, -0.1) is 0 Å². The third-order valence-electron chi connectivity index (χ3n) is 2.60. The fourth-order valence-corrected chi connectivity index (χ4v) is 2.93. The van der Waals surface area contributed by atoms with E-state index in [2.05, 4.69) is 4.72 Å². The maximum Gasteiger partial charge on any atom is 0.262 e. The molecule has 8 heteroatoms. The maximum absolute atomic E-state index is 13.2. The number of nitrogens with two attached hydrogens (primary N) is 1. The lowest BCUT2D eigenvalue weighted by Gasteiger charge is -2.12. The molecule has 0 atom stereocenters. The molecule has 0 saturated carbocycles. The van der Waals surface area contributed by atoms with E-state index >= 15 is 0 Å². The molecule has 0 aromatic heterocycles. The van der Waals surface area contributed by atoms with Gasteiger partial charge in [-0.25, -0.2) is 17.2 Å². The maximum atomic E-state index is 13.2. The minimum Gasteiger partial charge on any atom is -0.389 e. The molecule has 0 aliphatic heterocycles. The van der Waals surface area contributed by atoms with Crippen LogP contribution in [0, 0.1) is 11.6 Å². The molecule has 0 radical (unpaired) electrons. The fraction of sp³-hybridized carbons (Fsp3) is 0. The van der Waals surface area contributed by atoms with Gasteiger partial charge in [0.2, 0.25) is 0 Å². The normalized spacial score (nSPS) is 11.1. The Morgan fingerprint density at radius 1 is 1.10 bits per heavy atom. The second-order valence-electron chi connectivity index (χ2n) is 4.12. The number of halogens is 2. The molecule has 0 bridgehead atoms. The molecular formula is C13H10F2N2O2S2. The smallest absolute Gasteiger partial charge is 0.262 e. The summed E-state index contributed by atoms with van der Waals surface area (Å²) < 4.78 is 52.8. The molecule has 0 amide bonds. The van der Waals surface area contributed by atoms with Crippen LogP contribution in [-0.4, -0.2) is 13.4 Å². The van der Waals surface area contributed by atoms with E-state index in [9.17, 15) is 17.2 Å². The van der Waals surface area contributed by atoms with Crippen molar-refractivity contribution in [2.24, 2.45) is 5.73 Å². The number of nitrogens with one attached hydrogen (secondary N) is 1. The third kappa shape index (κ3) is 3.53. The Morgan fingerprint density at radius 3 is 2.38 bits per heavy atom. The lowest BCUT2D eigenvalue weighted by atomic mass is 10.2. The van der Waals surface area contributed by atoms with E-state index in [-0.39, 0.29) is 21.1 Å². The Morgan fingerprint density at radius 2 is 1.76 bits per heavy atom. The van der Waals surface area contributed by atoms with E-state index in [1.165, 1.54) is 18.2 Å². The molecule has 0 spiro atoms. The van der Waals surface area contributed by atoms with Gasteiger partial charge in [-0.2, -0.15) is 0 Å². The van der Waals surface area contributed by atoms with Crippen molar-refractivity contribution in [3.05, 3.63) is 59.7 Å². The van der Waals surface area contributed by atoms with Gasteiger partial charge in [0.15, 0.2) is 0 Å². The summed E-state index contributed by atoms with van der Waals surface area (Å²) >= 11 is 4.75. The molecule has 0 saturated heterocycles. The zero-order valence-electron chi connectivity index (χ0n) is 10.5. The number of rotatable bonds is 4. The topological polar surface area (TPSA) is 72.2 Å². The monoisotopic (exact) mass is 328 g/mol. The van der Waals surface area contributed by atoms with Crippen molar-refractivity contribution in [1.82, 2.24) is 0 Å². The van der Waals surface area contributed by atoms with Crippen LogP contribution in [0.4, 0.5) is 14.5 Å². The minimum absolute atomic E-state index is 0.0214. The molecule has 4 nitrogen and oxygen atoms in total. The van der Waals surface area contributed by atoms with Crippen molar-refractivity contribution >= 4 is 32.9 Å². The Kier molecular flexibility index (Phi) is 4.19. The Hall–Kier alpha value is -2.06. The first-order chi connectivity index (χ1) is 9.79. The molecule has 0 fully saturated rings. The lowest BCUT2D eigenvalue weighted by Crippen LogP contribution is -2.18. The number of thiocarbonyl (C=S) groups is 1. The summed E-state index contributed by atoms with van der Waals surface area (Å²) in [5.74, 6) is -1.29. The summed E-state index contributed by atoms with van der Waals surface area (Å²) in [7, 11) is -4.03. The van der Waals surface area contributed by atoms with Crippen LogP contribution in [0.1, 0.15) is 5.56 Å². The third-order valence-corrected chi connectivity index (χ3v) is 4.18. The average Bonchev–Trinajstić information content (AvgIpc) is 2.40. The van der Waals surface area contributed by atoms with Crippen LogP contribution in [0.2, 0.25) is 0 Å². The van der Waals surface area contributed by atoms with Gasteiger partial charge in [-0.3, -0.25) is 4.72 Å². The van der Waals surface area contributed by atoms with E-state index < -0.39 is 21.7 Å². The first kappa shape index (κ1) is 15.3. The van der Waals surface area contributed by atoms with Gasteiger partial charge < -0.3 is 5.73 Å². The van der Waals surface area contributed by atoms with Crippen molar-refractivity contribution in [2.75, 3.05) is 4.72 Å². The molecule has 0 aliphatic rings. The number of benzene rings is 2. The summed E-state index contributed by atoms with van der Waals surface area (Å²) in [6.45, 7) is 0. The van der Waals surface area contributed by atoms with Gasteiger partial charge in [0.25, 0.3) is 10.0 Å². The number of sulfonamides is 1. The fourth-order valence-electron chi connectivity index (χ4n) is 1.65. The molecule has 2 aromatic rings. The van der Waals surface area contributed by atoms with Crippen LogP contribution >= 0.6 is 12.2 Å². The molecule has 21 heavy (non-hydrogen) atoms. The molecule has 0 aliphatic carbocycles. The molecule has 0 unspecified atom stereocenters. The van der Waals surface area contributed by atoms with Crippen molar-refractivity contribution in [3.63, 3.8) is 0 Å². The largest absolute Gasteiger partial charge is 0.389 e. The van der Waals surface area contributed by atoms with Crippen LogP contribution in [0.25, 0.3) is 0 Å². The quantitative estimate of drug-likeness (QED) is 0.846. The van der Waals surface area contributed by atoms with Crippen LogP contribution in [0.3, 0.4) is 0 Å². The minimum atomic E-state index is -4.03. The van der Waals surface area contributed by atoms with E-state index in [1.54, 1.807) is 0 Å². The van der Waals surface area contributed by atoms with Gasteiger partial charge in [0.05, 0.1) is 10.6 Å². The zero-order valence-corrected chi connectivity index (χ0v) is 12.1. The predicted octanol–water partition coefficient (Wildman–Crippen LogP) is 2.40. The Balaban J connectivity index is 2.44. The Bertz CT molecular complexity index is 808. The van der Waals surface area contributed by atoms with Gasteiger partial charge >= 0.3 is 0 Å². The highest BCUT2D eigenvalue weighted by atomic mass is 32.2. The number of anilines is 1. The van der Waals surface area contributed by atoms with Crippen molar-refractivity contribution < 1.29 is 17.2 Å². The highest BCUT2D eigenvalue weighted by Crippen LogP contribution is 2.21. The average molecular weight is 328 g/mol. The molecule has 0 heterocycles. The van der Waals surface area contributed by atoms with Crippen LogP contribution in [-0.2, 0) is 10.0 Å². The van der Waals surface area contributed by atoms with E-state index in [4.69, 9.17) is 18.0 Å². The summed E-state index contributed by atoms with van der Waals surface area (Å²) in [6.07, 6.45) is 0. The van der Waals surface area contributed by atoms with Crippen LogP contribution < -0.4 is 10.5 Å². The predicted molar refractivity (Wildman–Crippen MR) is 79.5 cm³/mol. The molecule has 110 valence electrons. The summed E-state index contributed by atoms with van der Waals surface area (Å²) in [5, 5.41) is 0. The second-order valence-corrected chi connectivity index (χ2v) is 6.24. The van der Waals surface area contributed by atoms with Crippen molar-refractivity contribution in [2.45, 2.75) is 4.90 Å². The summed E-state index contributed by atoms with van der Waals surface area (Å²) in [5.41, 5.74) is 5.50. The van der Waals surface area contributed by atoms with Crippen molar-refractivity contribution in [1.29, 1.82) is 0 Å². The first-order valence-corrected chi connectivity index (χ1v) is 7.56. The summed E-state index contributed by atoms with van der Waals surface area (Å²) in [6, 6.07) is 7.76. The second kappa shape index (κ2) is 5.74. The Labute approximate surface area is 125 Å². The molecular weight excluding hydrogens is 318 g/mol. The zero-order chi connectivity index (χ0) is 15.6. The standard InChI is InChI=1S/C13H10F2N2O2S2/c14-8-2-1-3-10(6-8)21(18,19)17-12-5-4-9(15)7-11(12)13(16)20/h1-7,17H,(H2,16,20). The van der Waals surface area contributed by atoms with E-state index in [1.807, 2.05) is 0 Å². The molecule has 3 N–H and O–H groups in total. The SMILES string of the molecule is NC(=S)c1cc(F)ccc1NS(=O)(=O)c1cccc(F)c1. The summed E-state index contributed by atoms with van der Waals surface area (Å²) in [4.78, 5) is -0.424.